The highest BCUT2D eigenvalue weighted by molar-refractivity contribution is 6.04. The summed E-state index contributed by atoms with van der Waals surface area (Å²) in [7, 11) is 0. The lowest BCUT2D eigenvalue weighted by Crippen LogP contribution is -2.37. The van der Waals surface area contributed by atoms with E-state index in [0.717, 1.165) is 12.3 Å². The van der Waals surface area contributed by atoms with Crippen LogP contribution in [0.15, 0.2) is 48.5 Å². The summed E-state index contributed by atoms with van der Waals surface area (Å²) in [6.45, 7) is 8.21. The van der Waals surface area contributed by atoms with Crippen molar-refractivity contribution in [3.63, 3.8) is 0 Å². The Kier molecular flexibility index (Phi) is 7.46. The van der Waals surface area contributed by atoms with Crippen molar-refractivity contribution in [3.8, 4) is 5.75 Å². The van der Waals surface area contributed by atoms with Gasteiger partial charge in [-0.1, -0.05) is 13.8 Å². The molecule has 0 atom stereocenters. The maximum Gasteiger partial charge on any atom is 0.255 e. The maximum atomic E-state index is 12.5. The van der Waals surface area contributed by atoms with Gasteiger partial charge < -0.3 is 15.4 Å². The summed E-state index contributed by atoms with van der Waals surface area (Å²) in [6.07, 6.45) is 2.36. The van der Waals surface area contributed by atoms with Gasteiger partial charge in [-0.2, -0.15) is 0 Å². The van der Waals surface area contributed by atoms with E-state index in [1.165, 1.54) is 12.8 Å². The van der Waals surface area contributed by atoms with Gasteiger partial charge in [0.1, 0.15) is 5.75 Å². The number of anilines is 2. The molecule has 3 rings (SSSR count). The average molecular weight is 410 g/mol. The molecule has 2 aromatic carbocycles. The minimum Gasteiger partial charge on any atom is -0.494 e. The van der Waals surface area contributed by atoms with Gasteiger partial charge in [-0.15, -0.1) is 0 Å². The molecule has 0 saturated heterocycles. The number of nitrogens with zero attached hydrogens (tertiary/aromatic N) is 1. The Hall–Kier alpha value is -2.86. The second-order valence-corrected chi connectivity index (χ2v) is 8.09. The van der Waals surface area contributed by atoms with Crippen molar-refractivity contribution in [1.29, 1.82) is 0 Å². The molecule has 2 N–H and O–H groups in total. The van der Waals surface area contributed by atoms with Gasteiger partial charge in [0.15, 0.2) is 0 Å². The molecule has 0 aliphatic heterocycles. The fourth-order valence-electron chi connectivity index (χ4n) is 3.35. The molecule has 160 valence electrons. The molecule has 1 fully saturated rings. The molecule has 0 bridgehead atoms. The number of ether oxygens (including phenoxy) is 1. The normalized spacial score (nSPS) is 13.4. The number of hydrogen-bond acceptors (Lipinski definition) is 4. The number of hydrogen-bond donors (Lipinski definition) is 2. The number of carbonyl (C=O) groups excluding carboxylic acids is 2. The zero-order valence-corrected chi connectivity index (χ0v) is 18.0. The summed E-state index contributed by atoms with van der Waals surface area (Å²) in [6, 6.07) is 14.7. The van der Waals surface area contributed by atoms with Crippen LogP contribution in [0.1, 0.15) is 44.0 Å². The van der Waals surface area contributed by atoms with E-state index >= 15 is 0 Å². The van der Waals surface area contributed by atoms with Crippen molar-refractivity contribution in [1.82, 2.24) is 4.90 Å². The Bertz CT molecular complexity index is 843. The minimum atomic E-state index is -0.200. The number of benzene rings is 2. The molecule has 0 unspecified atom stereocenters. The smallest absolute Gasteiger partial charge is 0.255 e. The Morgan fingerprint density at radius 3 is 2.17 bits per heavy atom. The molecule has 30 heavy (non-hydrogen) atoms. The zero-order chi connectivity index (χ0) is 21.5. The summed E-state index contributed by atoms with van der Waals surface area (Å²) < 4.78 is 5.40. The summed E-state index contributed by atoms with van der Waals surface area (Å²) in [5.41, 5.74) is 1.92. The lowest BCUT2D eigenvalue weighted by Gasteiger charge is -2.23. The molecule has 0 heterocycles. The van der Waals surface area contributed by atoms with Crippen LogP contribution in [0.3, 0.4) is 0 Å². The number of carbonyl (C=O) groups is 2. The van der Waals surface area contributed by atoms with Crippen molar-refractivity contribution in [2.24, 2.45) is 5.92 Å². The number of amides is 2. The van der Waals surface area contributed by atoms with E-state index in [1.807, 2.05) is 19.1 Å². The third-order valence-electron chi connectivity index (χ3n) is 4.86. The largest absolute Gasteiger partial charge is 0.494 e. The molecule has 6 heteroatoms. The molecule has 2 amide bonds. The topological polar surface area (TPSA) is 70.7 Å². The van der Waals surface area contributed by atoms with Gasteiger partial charge in [-0.25, -0.2) is 0 Å². The fourth-order valence-corrected chi connectivity index (χ4v) is 3.35. The Morgan fingerprint density at radius 2 is 1.60 bits per heavy atom. The van der Waals surface area contributed by atoms with Crippen molar-refractivity contribution in [2.75, 3.05) is 30.3 Å². The first kappa shape index (κ1) is 21.8. The van der Waals surface area contributed by atoms with Crippen LogP contribution in [0.2, 0.25) is 0 Å². The van der Waals surface area contributed by atoms with Crippen molar-refractivity contribution < 1.29 is 14.3 Å². The average Bonchev–Trinajstić information content (AvgIpc) is 3.55. The molecule has 0 radical (unpaired) electrons. The van der Waals surface area contributed by atoms with Crippen molar-refractivity contribution >= 4 is 23.2 Å². The van der Waals surface area contributed by atoms with Crippen LogP contribution in [-0.4, -0.2) is 42.5 Å². The van der Waals surface area contributed by atoms with Crippen LogP contribution >= 0.6 is 0 Å². The summed E-state index contributed by atoms with van der Waals surface area (Å²) >= 11 is 0. The summed E-state index contributed by atoms with van der Waals surface area (Å²) in [5.74, 6) is 1.08. The second-order valence-electron chi connectivity index (χ2n) is 8.09. The van der Waals surface area contributed by atoms with E-state index in [4.69, 9.17) is 4.74 Å². The standard InChI is InChI=1S/C24H31N3O3/c1-4-30-22-13-9-20(10-14-22)26-24(29)18-5-7-19(8-6-18)25-23(28)16-27(15-17(2)3)21-11-12-21/h5-10,13-14,17,21H,4,11-12,15-16H2,1-3H3,(H,25,28)(H,26,29). The zero-order valence-electron chi connectivity index (χ0n) is 18.0. The third kappa shape index (κ3) is 6.59. The van der Waals surface area contributed by atoms with Crippen LogP contribution in [0.25, 0.3) is 0 Å². The molecule has 2 aromatic rings. The maximum absolute atomic E-state index is 12.5. The first-order valence-corrected chi connectivity index (χ1v) is 10.6. The lowest BCUT2D eigenvalue weighted by molar-refractivity contribution is -0.117. The number of rotatable bonds is 10. The molecule has 0 spiro atoms. The van der Waals surface area contributed by atoms with Gasteiger partial charge in [-0.05, 0) is 74.2 Å². The first-order chi connectivity index (χ1) is 14.4. The van der Waals surface area contributed by atoms with Gasteiger partial charge in [0, 0.05) is 29.5 Å². The van der Waals surface area contributed by atoms with E-state index in [-0.39, 0.29) is 11.8 Å². The van der Waals surface area contributed by atoms with Crippen LogP contribution in [0, 0.1) is 5.92 Å². The number of nitrogens with one attached hydrogen (secondary N) is 2. The van der Waals surface area contributed by atoms with Crippen LogP contribution in [-0.2, 0) is 4.79 Å². The molecular formula is C24H31N3O3. The molecule has 6 nitrogen and oxygen atoms in total. The minimum absolute atomic E-state index is 0.0193. The van der Waals surface area contributed by atoms with Gasteiger partial charge in [0.05, 0.1) is 13.2 Å². The second kappa shape index (κ2) is 10.3. The van der Waals surface area contributed by atoms with Crippen LogP contribution in [0.4, 0.5) is 11.4 Å². The van der Waals surface area contributed by atoms with Gasteiger partial charge in [-0.3, -0.25) is 14.5 Å². The molecule has 0 aromatic heterocycles. The van der Waals surface area contributed by atoms with Gasteiger partial charge in [0.25, 0.3) is 5.91 Å². The first-order valence-electron chi connectivity index (χ1n) is 10.6. The molecule has 1 saturated carbocycles. The molecular weight excluding hydrogens is 378 g/mol. The van der Waals surface area contributed by atoms with Crippen molar-refractivity contribution in [3.05, 3.63) is 54.1 Å². The Morgan fingerprint density at radius 1 is 1.00 bits per heavy atom. The molecule has 1 aliphatic rings. The van der Waals surface area contributed by atoms with Crippen LogP contribution in [0.5, 0.6) is 5.75 Å². The van der Waals surface area contributed by atoms with Crippen molar-refractivity contribution in [2.45, 2.75) is 39.7 Å². The van der Waals surface area contributed by atoms with Gasteiger partial charge >= 0.3 is 0 Å². The van der Waals surface area contributed by atoms with E-state index in [9.17, 15) is 9.59 Å². The Labute approximate surface area is 178 Å². The van der Waals surface area contributed by atoms with Gasteiger partial charge in [0.2, 0.25) is 5.91 Å². The van der Waals surface area contributed by atoms with E-state index in [0.29, 0.717) is 42.0 Å². The highest BCUT2D eigenvalue weighted by atomic mass is 16.5. The SMILES string of the molecule is CCOc1ccc(NC(=O)c2ccc(NC(=O)CN(CC(C)C)C3CC3)cc2)cc1. The monoisotopic (exact) mass is 409 g/mol. The summed E-state index contributed by atoms with van der Waals surface area (Å²) in [5, 5.41) is 5.80. The third-order valence-corrected chi connectivity index (χ3v) is 4.86. The quantitative estimate of drug-likeness (QED) is 0.610. The predicted octanol–water partition coefficient (Wildman–Crippen LogP) is 4.40. The highest BCUT2D eigenvalue weighted by Crippen LogP contribution is 2.27. The highest BCUT2D eigenvalue weighted by Gasteiger charge is 2.30. The Balaban J connectivity index is 1.52. The fraction of sp³-hybridized carbons (Fsp3) is 0.417. The van der Waals surface area contributed by atoms with E-state index < -0.39 is 0 Å². The van der Waals surface area contributed by atoms with E-state index in [1.54, 1.807) is 36.4 Å². The van der Waals surface area contributed by atoms with E-state index in [2.05, 4.69) is 29.4 Å². The lowest BCUT2D eigenvalue weighted by atomic mass is 10.2. The summed E-state index contributed by atoms with van der Waals surface area (Å²) in [4.78, 5) is 27.1. The van der Waals surface area contributed by atoms with Crippen LogP contribution < -0.4 is 15.4 Å². The molecule has 1 aliphatic carbocycles. The predicted molar refractivity (Wildman–Crippen MR) is 120 cm³/mol.